The molecule has 1 aliphatic rings. The molecule has 2 N–H and O–H groups in total. The van der Waals surface area contributed by atoms with Gasteiger partial charge in [-0.15, -0.1) is 12.4 Å². The molecule has 1 aliphatic heterocycles. The van der Waals surface area contributed by atoms with Crippen LogP contribution in [0, 0.1) is 0 Å². The number of hydrogen-bond acceptors (Lipinski definition) is 3. The molecule has 0 unspecified atom stereocenters. The van der Waals surface area contributed by atoms with Crippen LogP contribution in [0.4, 0.5) is 0 Å². The van der Waals surface area contributed by atoms with E-state index in [1.165, 1.54) is 12.0 Å². The molecule has 5 heteroatoms. The first kappa shape index (κ1) is 21.4. The third-order valence-corrected chi connectivity index (χ3v) is 5.09. The zero-order valence-corrected chi connectivity index (χ0v) is 16.7. The van der Waals surface area contributed by atoms with E-state index in [0.29, 0.717) is 6.54 Å². The molecule has 1 fully saturated rings. The minimum atomic E-state index is 0. The molecule has 0 aromatic heterocycles. The largest absolute Gasteiger partial charge is 0.337 e. The quantitative estimate of drug-likeness (QED) is 0.826. The van der Waals surface area contributed by atoms with Crippen molar-refractivity contribution in [2.45, 2.75) is 25.8 Å². The SMILES string of the molecule is Cl.NCc1ccc(C(=O)N2CCCN(CCCc3ccccc3)CC2)cc1. The summed E-state index contributed by atoms with van der Waals surface area (Å²) < 4.78 is 0. The van der Waals surface area contributed by atoms with Gasteiger partial charge in [0.1, 0.15) is 0 Å². The summed E-state index contributed by atoms with van der Waals surface area (Å²) in [6, 6.07) is 18.3. The lowest BCUT2D eigenvalue weighted by molar-refractivity contribution is 0.0761. The van der Waals surface area contributed by atoms with E-state index in [4.69, 9.17) is 5.73 Å². The summed E-state index contributed by atoms with van der Waals surface area (Å²) in [6.07, 6.45) is 3.32. The number of benzene rings is 2. The van der Waals surface area contributed by atoms with Crippen molar-refractivity contribution in [3.63, 3.8) is 0 Å². The lowest BCUT2D eigenvalue weighted by atomic mass is 10.1. The highest BCUT2D eigenvalue weighted by molar-refractivity contribution is 5.94. The van der Waals surface area contributed by atoms with E-state index in [2.05, 4.69) is 35.2 Å². The van der Waals surface area contributed by atoms with E-state index < -0.39 is 0 Å². The van der Waals surface area contributed by atoms with Gasteiger partial charge in [0.2, 0.25) is 0 Å². The van der Waals surface area contributed by atoms with Crippen LogP contribution in [-0.4, -0.2) is 48.4 Å². The molecule has 1 amide bonds. The van der Waals surface area contributed by atoms with Gasteiger partial charge in [0.25, 0.3) is 5.91 Å². The molecule has 2 aromatic carbocycles. The van der Waals surface area contributed by atoms with Crippen molar-refractivity contribution in [3.05, 3.63) is 71.3 Å². The van der Waals surface area contributed by atoms with Gasteiger partial charge in [0, 0.05) is 31.7 Å². The Kier molecular flexibility index (Phi) is 8.79. The Morgan fingerprint density at radius 2 is 1.63 bits per heavy atom. The fourth-order valence-corrected chi connectivity index (χ4v) is 3.52. The second-order valence-corrected chi connectivity index (χ2v) is 6.98. The summed E-state index contributed by atoms with van der Waals surface area (Å²) in [4.78, 5) is 17.2. The van der Waals surface area contributed by atoms with Crippen LogP contribution < -0.4 is 5.73 Å². The van der Waals surface area contributed by atoms with E-state index >= 15 is 0 Å². The first-order valence-corrected chi connectivity index (χ1v) is 9.61. The average Bonchev–Trinajstić information content (AvgIpc) is 2.94. The van der Waals surface area contributed by atoms with E-state index in [9.17, 15) is 4.79 Å². The van der Waals surface area contributed by atoms with Crippen LogP contribution >= 0.6 is 12.4 Å². The maximum absolute atomic E-state index is 12.7. The normalized spacial score (nSPS) is 15.1. The predicted octanol–water partition coefficient (Wildman–Crippen LogP) is 3.35. The zero-order valence-electron chi connectivity index (χ0n) is 15.8. The van der Waals surface area contributed by atoms with Crippen LogP contribution in [-0.2, 0) is 13.0 Å². The molecule has 2 aromatic rings. The molecule has 0 radical (unpaired) electrons. The molecule has 146 valence electrons. The number of aryl methyl sites for hydroxylation is 1. The summed E-state index contributed by atoms with van der Waals surface area (Å²) in [5.74, 6) is 0.139. The number of halogens is 1. The highest BCUT2D eigenvalue weighted by Crippen LogP contribution is 2.12. The zero-order chi connectivity index (χ0) is 18.2. The van der Waals surface area contributed by atoms with Crippen molar-refractivity contribution in [3.8, 4) is 0 Å². The summed E-state index contributed by atoms with van der Waals surface area (Å²) in [5, 5.41) is 0. The fourth-order valence-electron chi connectivity index (χ4n) is 3.52. The monoisotopic (exact) mass is 387 g/mol. The Hall–Kier alpha value is -1.88. The second kappa shape index (κ2) is 11.1. The lowest BCUT2D eigenvalue weighted by Gasteiger charge is -2.22. The van der Waals surface area contributed by atoms with Gasteiger partial charge >= 0.3 is 0 Å². The van der Waals surface area contributed by atoms with Gasteiger partial charge in [-0.05, 0) is 55.6 Å². The number of carbonyl (C=O) groups excluding carboxylic acids is 1. The van der Waals surface area contributed by atoms with Crippen molar-refractivity contribution in [2.75, 3.05) is 32.7 Å². The minimum absolute atomic E-state index is 0. The van der Waals surface area contributed by atoms with Gasteiger partial charge in [-0.1, -0.05) is 42.5 Å². The molecule has 1 heterocycles. The molecule has 4 nitrogen and oxygen atoms in total. The molecule has 0 aliphatic carbocycles. The third kappa shape index (κ3) is 6.35. The predicted molar refractivity (Wildman–Crippen MR) is 113 cm³/mol. The van der Waals surface area contributed by atoms with Crippen molar-refractivity contribution in [1.29, 1.82) is 0 Å². The maximum atomic E-state index is 12.7. The fraction of sp³-hybridized carbons (Fsp3) is 0.409. The van der Waals surface area contributed by atoms with Crippen molar-refractivity contribution >= 4 is 18.3 Å². The molecule has 27 heavy (non-hydrogen) atoms. The standard InChI is InChI=1S/C22H29N3O.ClH/c23-18-20-9-11-21(12-10-20)22(26)25-15-5-14-24(16-17-25)13-4-8-19-6-2-1-3-7-19;/h1-3,6-7,9-12H,4-5,8,13-18,23H2;1H. The molecule has 0 spiro atoms. The smallest absolute Gasteiger partial charge is 0.253 e. The summed E-state index contributed by atoms with van der Waals surface area (Å²) >= 11 is 0. The number of hydrogen-bond donors (Lipinski definition) is 1. The van der Waals surface area contributed by atoms with Crippen LogP contribution in [0.25, 0.3) is 0 Å². The number of nitrogens with two attached hydrogens (primary N) is 1. The van der Waals surface area contributed by atoms with E-state index in [1.54, 1.807) is 0 Å². The Labute approximate surface area is 168 Å². The average molecular weight is 388 g/mol. The van der Waals surface area contributed by atoms with Crippen LogP contribution in [0.1, 0.15) is 34.3 Å². The van der Waals surface area contributed by atoms with Gasteiger partial charge in [-0.2, -0.15) is 0 Å². The lowest BCUT2D eigenvalue weighted by Crippen LogP contribution is -2.35. The van der Waals surface area contributed by atoms with Crippen molar-refractivity contribution in [1.82, 2.24) is 9.80 Å². The van der Waals surface area contributed by atoms with Gasteiger partial charge in [0.05, 0.1) is 0 Å². The Bertz CT molecular complexity index is 690. The van der Waals surface area contributed by atoms with Crippen LogP contribution in [0.15, 0.2) is 54.6 Å². The molecule has 0 bridgehead atoms. The third-order valence-electron chi connectivity index (χ3n) is 5.09. The minimum Gasteiger partial charge on any atom is -0.337 e. The maximum Gasteiger partial charge on any atom is 0.253 e. The van der Waals surface area contributed by atoms with E-state index in [1.807, 2.05) is 29.2 Å². The summed E-state index contributed by atoms with van der Waals surface area (Å²) in [5.41, 5.74) is 8.85. The number of nitrogens with zero attached hydrogens (tertiary/aromatic N) is 2. The van der Waals surface area contributed by atoms with Crippen LogP contribution in [0.2, 0.25) is 0 Å². The highest BCUT2D eigenvalue weighted by atomic mass is 35.5. The van der Waals surface area contributed by atoms with E-state index in [0.717, 1.165) is 56.7 Å². The first-order chi connectivity index (χ1) is 12.8. The highest BCUT2D eigenvalue weighted by Gasteiger charge is 2.20. The molecule has 3 rings (SSSR count). The molecule has 1 saturated heterocycles. The Morgan fingerprint density at radius 3 is 2.33 bits per heavy atom. The number of rotatable bonds is 6. The van der Waals surface area contributed by atoms with Gasteiger partial charge in [0.15, 0.2) is 0 Å². The van der Waals surface area contributed by atoms with Crippen LogP contribution in [0.3, 0.4) is 0 Å². The summed E-state index contributed by atoms with van der Waals surface area (Å²) in [6.45, 7) is 5.29. The first-order valence-electron chi connectivity index (χ1n) is 9.61. The second-order valence-electron chi connectivity index (χ2n) is 6.98. The topological polar surface area (TPSA) is 49.6 Å². The Balaban J connectivity index is 0.00000261. The van der Waals surface area contributed by atoms with Gasteiger partial charge in [-0.25, -0.2) is 0 Å². The van der Waals surface area contributed by atoms with Crippen LogP contribution in [0.5, 0.6) is 0 Å². The summed E-state index contributed by atoms with van der Waals surface area (Å²) in [7, 11) is 0. The molecule has 0 atom stereocenters. The van der Waals surface area contributed by atoms with Crippen molar-refractivity contribution in [2.24, 2.45) is 5.73 Å². The number of amides is 1. The molecular weight excluding hydrogens is 358 g/mol. The van der Waals surface area contributed by atoms with E-state index in [-0.39, 0.29) is 18.3 Å². The Morgan fingerprint density at radius 1 is 0.889 bits per heavy atom. The van der Waals surface area contributed by atoms with Gasteiger partial charge < -0.3 is 15.5 Å². The molecular formula is C22H30ClN3O. The van der Waals surface area contributed by atoms with Gasteiger partial charge in [-0.3, -0.25) is 4.79 Å². The van der Waals surface area contributed by atoms with Crippen molar-refractivity contribution < 1.29 is 4.79 Å². The molecule has 0 saturated carbocycles. The number of carbonyl (C=O) groups is 1.